The third-order valence-electron chi connectivity index (χ3n) is 4.35. The van der Waals surface area contributed by atoms with Crippen LogP contribution < -0.4 is 5.73 Å². The zero-order valence-corrected chi connectivity index (χ0v) is 15.3. The first-order valence-corrected chi connectivity index (χ1v) is 10.1. The third-order valence-corrected chi connectivity index (χ3v) is 5.80. The van der Waals surface area contributed by atoms with E-state index < -0.39 is 32.9 Å². The van der Waals surface area contributed by atoms with Gasteiger partial charge in [0.15, 0.2) is 9.84 Å². The van der Waals surface area contributed by atoms with Gasteiger partial charge in [-0.2, -0.15) is 0 Å². The van der Waals surface area contributed by atoms with E-state index in [1.807, 2.05) is 0 Å². The van der Waals surface area contributed by atoms with Crippen LogP contribution in [0.5, 0.6) is 0 Å². The molecule has 3 rings (SSSR count). The minimum Gasteiger partial charge on any atom is -0.392 e. The van der Waals surface area contributed by atoms with Crippen molar-refractivity contribution in [3.05, 3.63) is 54.1 Å². The molecule has 1 aliphatic heterocycles. The monoisotopic (exact) mass is 391 g/mol. The number of aromatic nitrogens is 1. The zero-order valence-electron chi connectivity index (χ0n) is 14.5. The van der Waals surface area contributed by atoms with E-state index >= 15 is 0 Å². The Kier molecular flexibility index (Phi) is 5.22. The Balaban J connectivity index is 1.70. The van der Waals surface area contributed by atoms with Crippen molar-refractivity contribution >= 4 is 21.5 Å². The summed E-state index contributed by atoms with van der Waals surface area (Å²) in [6.45, 7) is 0. The van der Waals surface area contributed by atoms with Crippen molar-refractivity contribution in [3.8, 4) is 11.1 Å². The molecule has 2 heterocycles. The van der Waals surface area contributed by atoms with E-state index in [2.05, 4.69) is 10.1 Å². The first-order chi connectivity index (χ1) is 12.8. The van der Waals surface area contributed by atoms with Gasteiger partial charge in [-0.3, -0.25) is 9.78 Å². The summed E-state index contributed by atoms with van der Waals surface area (Å²) < 4.78 is 37.2. The maximum absolute atomic E-state index is 13.8. The van der Waals surface area contributed by atoms with Crippen molar-refractivity contribution in [2.45, 2.75) is 24.2 Å². The average molecular weight is 391 g/mol. The fourth-order valence-corrected chi connectivity index (χ4v) is 3.90. The molecule has 0 fully saturated rings. The summed E-state index contributed by atoms with van der Waals surface area (Å²) in [4.78, 5) is 20.4. The Morgan fingerprint density at radius 3 is 2.56 bits per heavy atom. The van der Waals surface area contributed by atoms with E-state index in [4.69, 9.17) is 10.6 Å². The second kappa shape index (κ2) is 7.43. The minimum atomic E-state index is -3.62. The number of hydrogen-bond acceptors (Lipinski definition) is 6. The minimum absolute atomic E-state index is 0.0541. The van der Waals surface area contributed by atoms with E-state index in [9.17, 15) is 17.6 Å². The van der Waals surface area contributed by atoms with Gasteiger partial charge in [0.05, 0.1) is 11.9 Å². The van der Waals surface area contributed by atoms with Gasteiger partial charge in [-0.25, -0.2) is 12.8 Å². The van der Waals surface area contributed by atoms with E-state index in [1.54, 1.807) is 30.3 Å². The largest absolute Gasteiger partial charge is 0.392 e. The SMILES string of the molecule is CS(=O)(=O)C(CC1CC(c2ccc(-c3ccncc3F)cc2)=NO1)C(N)=O. The summed E-state index contributed by atoms with van der Waals surface area (Å²) in [7, 11) is -3.62. The molecule has 142 valence electrons. The predicted octanol–water partition coefficient (Wildman–Crippen LogP) is 1.67. The summed E-state index contributed by atoms with van der Waals surface area (Å²) in [6, 6.07) is 8.66. The molecule has 27 heavy (non-hydrogen) atoms. The lowest BCUT2D eigenvalue weighted by Gasteiger charge is -2.14. The van der Waals surface area contributed by atoms with Crippen LogP contribution in [0.15, 0.2) is 47.9 Å². The molecule has 1 amide bonds. The topological polar surface area (TPSA) is 112 Å². The number of nitrogens with two attached hydrogens (primary N) is 1. The van der Waals surface area contributed by atoms with Crippen LogP contribution in [0, 0.1) is 5.82 Å². The molecule has 0 saturated carbocycles. The van der Waals surface area contributed by atoms with Gasteiger partial charge in [-0.1, -0.05) is 29.4 Å². The molecule has 0 radical (unpaired) electrons. The van der Waals surface area contributed by atoms with Gasteiger partial charge in [-0.05, 0) is 17.2 Å². The molecular formula is C18H18FN3O4S. The molecule has 2 unspecified atom stereocenters. The second-order valence-corrected chi connectivity index (χ2v) is 8.59. The number of nitrogens with zero attached hydrogens (tertiary/aromatic N) is 2. The summed E-state index contributed by atoms with van der Waals surface area (Å²) in [5, 5.41) is 2.68. The van der Waals surface area contributed by atoms with Crippen molar-refractivity contribution < 1.29 is 22.4 Å². The number of carbonyl (C=O) groups excluding carboxylic acids is 1. The van der Waals surface area contributed by atoms with Crippen molar-refractivity contribution in [1.82, 2.24) is 4.98 Å². The average Bonchev–Trinajstić information content (AvgIpc) is 3.08. The van der Waals surface area contributed by atoms with E-state index in [0.29, 0.717) is 23.3 Å². The van der Waals surface area contributed by atoms with Gasteiger partial charge < -0.3 is 10.6 Å². The van der Waals surface area contributed by atoms with Crippen LogP contribution in [-0.4, -0.2) is 42.6 Å². The number of benzene rings is 1. The van der Waals surface area contributed by atoms with Crippen LogP contribution in [0.3, 0.4) is 0 Å². The Labute approximate surface area is 156 Å². The quantitative estimate of drug-likeness (QED) is 0.805. The maximum atomic E-state index is 13.8. The predicted molar refractivity (Wildman–Crippen MR) is 98.1 cm³/mol. The van der Waals surface area contributed by atoms with E-state index in [-0.39, 0.29) is 6.42 Å². The first kappa shape index (κ1) is 19.0. The Morgan fingerprint density at radius 1 is 1.30 bits per heavy atom. The van der Waals surface area contributed by atoms with Gasteiger partial charge in [0, 0.05) is 30.9 Å². The molecule has 7 nitrogen and oxygen atoms in total. The van der Waals surface area contributed by atoms with Gasteiger partial charge in [0.2, 0.25) is 5.91 Å². The van der Waals surface area contributed by atoms with Gasteiger partial charge in [0.25, 0.3) is 0 Å². The van der Waals surface area contributed by atoms with E-state index in [0.717, 1.165) is 18.0 Å². The number of hydrogen-bond donors (Lipinski definition) is 1. The van der Waals surface area contributed by atoms with Crippen LogP contribution in [0.4, 0.5) is 4.39 Å². The number of amides is 1. The lowest BCUT2D eigenvalue weighted by atomic mass is 9.99. The zero-order chi connectivity index (χ0) is 19.6. The molecule has 0 aliphatic carbocycles. The Hall–Kier alpha value is -2.81. The molecule has 1 aliphatic rings. The van der Waals surface area contributed by atoms with Crippen molar-refractivity contribution in [3.63, 3.8) is 0 Å². The fraction of sp³-hybridized carbons (Fsp3) is 0.278. The highest BCUT2D eigenvalue weighted by molar-refractivity contribution is 7.92. The lowest BCUT2D eigenvalue weighted by Crippen LogP contribution is -2.38. The number of primary amides is 1. The molecule has 0 bridgehead atoms. The van der Waals surface area contributed by atoms with Crippen molar-refractivity contribution in [2.24, 2.45) is 10.9 Å². The third kappa shape index (κ3) is 4.30. The molecule has 0 saturated heterocycles. The maximum Gasteiger partial charge on any atom is 0.235 e. The lowest BCUT2D eigenvalue weighted by molar-refractivity contribution is -0.118. The second-order valence-electron chi connectivity index (χ2n) is 6.36. The standard InChI is InChI=1S/C18H18FN3O4S/c1-27(24,25)17(18(20)23)9-13-8-16(22-26-13)12-4-2-11(3-5-12)14-6-7-21-10-15(14)19/h2-7,10,13,17H,8-9H2,1H3,(H2,20,23). The van der Waals surface area contributed by atoms with Gasteiger partial charge in [0.1, 0.15) is 17.2 Å². The fourth-order valence-electron chi connectivity index (χ4n) is 2.92. The molecule has 9 heteroatoms. The first-order valence-electron chi connectivity index (χ1n) is 8.17. The highest BCUT2D eigenvalue weighted by Gasteiger charge is 2.33. The number of oxime groups is 1. The molecular weight excluding hydrogens is 373 g/mol. The summed E-state index contributed by atoms with van der Waals surface area (Å²) in [6.07, 6.45) is 3.38. The smallest absolute Gasteiger partial charge is 0.235 e. The molecule has 0 spiro atoms. The Morgan fingerprint density at radius 2 is 1.96 bits per heavy atom. The number of halogens is 1. The van der Waals surface area contributed by atoms with Crippen LogP contribution in [0.1, 0.15) is 18.4 Å². The molecule has 1 aromatic heterocycles. The van der Waals surface area contributed by atoms with Crippen LogP contribution in [0.25, 0.3) is 11.1 Å². The van der Waals surface area contributed by atoms with Gasteiger partial charge >= 0.3 is 0 Å². The molecule has 2 N–H and O–H groups in total. The number of carbonyl (C=O) groups is 1. The van der Waals surface area contributed by atoms with E-state index in [1.165, 1.54) is 6.20 Å². The molecule has 2 atom stereocenters. The highest BCUT2D eigenvalue weighted by atomic mass is 32.2. The van der Waals surface area contributed by atoms with Crippen molar-refractivity contribution in [1.29, 1.82) is 0 Å². The van der Waals surface area contributed by atoms with Crippen LogP contribution in [0.2, 0.25) is 0 Å². The summed E-state index contributed by atoms with van der Waals surface area (Å²) in [5.74, 6) is -1.32. The normalized spacial score (nSPS) is 17.9. The number of pyridine rings is 1. The number of sulfone groups is 1. The Bertz CT molecular complexity index is 990. The van der Waals surface area contributed by atoms with Crippen molar-refractivity contribution in [2.75, 3.05) is 6.26 Å². The molecule has 2 aromatic rings. The summed E-state index contributed by atoms with van der Waals surface area (Å²) >= 11 is 0. The summed E-state index contributed by atoms with van der Waals surface area (Å²) in [5.41, 5.74) is 7.71. The van der Waals surface area contributed by atoms with Gasteiger partial charge in [-0.15, -0.1) is 0 Å². The highest BCUT2D eigenvalue weighted by Crippen LogP contribution is 2.25. The van der Waals surface area contributed by atoms with Crippen LogP contribution >= 0.6 is 0 Å². The van der Waals surface area contributed by atoms with Crippen LogP contribution in [-0.2, 0) is 19.5 Å². The number of rotatable bonds is 6. The molecule has 1 aromatic carbocycles.